The maximum absolute atomic E-state index is 13.9. The molecule has 4 heteroatoms. The van der Waals surface area contributed by atoms with Gasteiger partial charge >= 0.3 is 0 Å². The van der Waals surface area contributed by atoms with E-state index in [-0.39, 0.29) is 5.82 Å². The van der Waals surface area contributed by atoms with Gasteiger partial charge in [-0.15, -0.1) is 0 Å². The Morgan fingerprint density at radius 3 is 2.89 bits per heavy atom. The van der Waals surface area contributed by atoms with Crippen molar-refractivity contribution in [2.24, 2.45) is 0 Å². The highest BCUT2D eigenvalue weighted by Gasteiger charge is 2.08. The summed E-state index contributed by atoms with van der Waals surface area (Å²) in [6, 6.07) is 5.29. The van der Waals surface area contributed by atoms with Gasteiger partial charge in [0.15, 0.2) is 0 Å². The van der Waals surface area contributed by atoms with Crippen molar-refractivity contribution in [3.05, 3.63) is 42.0 Å². The molecule has 0 aliphatic rings. The number of benzene rings is 1. The molecule has 0 bridgehead atoms. The number of nitrogens with one attached hydrogen (secondary N) is 1. The zero-order chi connectivity index (χ0) is 13.0. The molecule has 1 N–H and O–H groups in total. The van der Waals surface area contributed by atoms with E-state index in [9.17, 15) is 4.39 Å². The van der Waals surface area contributed by atoms with E-state index in [4.69, 9.17) is 0 Å². The van der Waals surface area contributed by atoms with Crippen LogP contribution >= 0.6 is 0 Å². The number of rotatable bonds is 5. The smallest absolute Gasteiger partial charge is 0.139 e. The Hall–Kier alpha value is -1.68. The van der Waals surface area contributed by atoms with Crippen LogP contribution in [0.25, 0.3) is 11.4 Å². The molecule has 0 radical (unpaired) electrons. The van der Waals surface area contributed by atoms with Gasteiger partial charge in [0, 0.05) is 36.6 Å². The first-order valence-electron chi connectivity index (χ1n) is 6.20. The van der Waals surface area contributed by atoms with Crippen molar-refractivity contribution in [1.29, 1.82) is 0 Å². The van der Waals surface area contributed by atoms with Gasteiger partial charge in [0.05, 0.1) is 0 Å². The topological polar surface area (TPSA) is 29.9 Å². The lowest BCUT2D eigenvalue weighted by Crippen LogP contribution is -2.07. The fourth-order valence-electron chi connectivity index (χ4n) is 2.01. The molecule has 0 aliphatic carbocycles. The van der Waals surface area contributed by atoms with Crippen molar-refractivity contribution in [3.63, 3.8) is 0 Å². The van der Waals surface area contributed by atoms with Crippen molar-refractivity contribution < 1.29 is 4.39 Å². The van der Waals surface area contributed by atoms with Crippen molar-refractivity contribution in [2.75, 3.05) is 7.05 Å². The first kappa shape index (κ1) is 12.8. The van der Waals surface area contributed by atoms with E-state index in [0.717, 1.165) is 24.4 Å². The van der Waals surface area contributed by atoms with Crippen LogP contribution in [0, 0.1) is 5.82 Å². The lowest BCUT2D eigenvalue weighted by Gasteiger charge is -2.08. The zero-order valence-electron chi connectivity index (χ0n) is 10.8. The number of imidazole rings is 1. The van der Waals surface area contributed by atoms with E-state index in [1.807, 2.05) is 22.9 Å². The van der Waals surface area contributed by atoms with E-state index in [0.29, 0.717) is 12.1 Å². The van der Waals surface area contributed by atoms with Gasteiger partial charge in [-0.2, -0.15) is 0 Å². The molecule has 0 saturated carbocycles. The zero-order valence-corrected chi connectivity index (χ0v) is 10.8. The highest BCUT2D eigenvalue weighted by Crippen LogP contribution is 2.21. The SMILES string of the molecule is CCCn1ccnc1-c1ccc(CNC)c(F)c1. The van der Waals surface area contributed by atoms with Crippen LogP contribution in [0.4, 0.5) is 4.39 Å². The molecule has 1 aromatic heterocycles. The van der Waals surface area contributed by atoms with Crippen LogP contribution in [0.1, 0.15) is 18.9 Å². The summed E-state index contributed by atoms with van der Waals surface area (Å²) in [5.74, 6) is 0.639. The summed E-state index contributed by atoms with van der Waals surface area (Å²) in [6.45, 7) is 3.55. The quantitative estimate of drug-likeness (QED) is 0.880. The van der Waals surface area contributed by atoms with Gasteiger partial charge in [0.25, 0.3) is 0 Å². The van der Waals surface area contributed by atoms with E-state index < -0.39 is 0 Å². The average Bonchev–Trinajstić information content (AvgIpc) is 2.81. The Balaban J connectivity index is 2.33. The molecular weight excluding hydrogens is 229 g/mol. The van der Waals surface area contributed by atoms with Gasteiger partial charge in [-0.05, 0) is 19.5 Å². The third kappa shape index (κ3) is 2.59. The largest absolute Gasteiger partial charge is 0.331 e. The molecule has 18 heavy (non-hydrogen) atoms. The summed E-state index contributed by atoms with van der Waals surface area (Å²) in [5.41, 5.74) is 1.50. The van der Waals surface area contributed by atoms with Crippen LogP contribution in [-0.2, 0) is 13.1 Å². The third-order valence-corrected chi connectivity index (χ3v) is 2.86. The number of aryl methyl sites for hydroxylation is 1. The van der Waals surface area contributed by atoms with Crippen LogP contribution in [-0.4, -0.2) is 16.6 Å². The minimum atomic E-state index is -0.187. The van der Waals surface area contributed by atoms with Crippen LogP contribution in [0.2, 0.25) is 0 Å². The predicted molar refractivity (Wildman–Crippen MR) is 70.7 cm³/mol. The average molecular weight is 247 g/mol. The molecule has 0 spiro atoms. The van der Waals surface area contributed by atoms with Gasteiger partial charge in [-0.25, -0.2) is 9.37 Å². The Kier molecular flexibility index (Phi) is 4.10. The summed E-state index contributed by atoms with van der Waals surface area (Å²) in [6.07, 6.45) is 4.71. The number of aromatic nitrogens is 2. The van der Waals surface area contributed by atoms with Gasteiger partial charge in [0.2, 0.25) is 0 Å². The fourth-order valence-corrected chi connectivity index (χ4v) is 2.01. The van der Waals surface area contributed by atoms with Crippen LogP contribution in [0.15, 0.2) is 30.6 Å². The molecule has 0 unspecified atom stereocenters. The number of nitrogens with zero attached hydrogens (tertiary/aromatic N) is 2. The second kappa shape index (κ2) is 5.78. The highest BCUT2D eigenvalue weighted by molar-refractivity contribution is 5.56. The summed E-state index contributed by atoms with van der Waals surface area (Å²) < 4.78 is 15.9. The monoisotopic (exact) mass is 247 g/mol. The van der Waals surface area contributed by atoms with Gasteiger partial charge in [-0.1, -0.05) is 19.1 Å². The fraction of sp³-hybridized carbons (Fsp3) is 0.357. The Morgan fingerprint density at radius 2 is 2.22 bits per heavy atom. The lowest BCUT2D eigenvalue weighted by atomic mass is 10.1. The van der Waals surface area contributed by atoms with Crippen molar-refractivity contribution >= 4 is 0 Å². The molecular formula is C14H18FN3. The molecule has 0 aliphatic heterocycles. The molecule has 0 amide bonds. The number of hydrogen-bond acceptors (Lipinski definition) is 2. The second-order valence-corrected chi connectivity index (χ2v) is 4.28. The van der Waals surface area contributed by atoms with Crippen LogP contribution in [0.5, 0.6) is 0 Å². The molecule has 2 aromatic rings. The molecule has 1 aromatic carbocycles. The molecule has 0 fully saturated rings. The summed E-state index contributed by atoms with van der Waals surface area (Å²) in [5, 5.41) is 2.95. The number of hydrogen-bond donors (Lipinski definition) is 1. The maximum atomic E-state index is 13.9. The minimum Gasteiger partial charge on any atom is -0.331 e. The van der Waals surface area contributed by atoms with Crippen molar-refractivity contribution in [1.82, 2.24) is 14.9 Å². The van der Waals surface area contributed by atoms with Gasteiger partial charge in [-0.3, -0.25) is 0 Å². The molecule has 1 heterocycles. The first-order chi connectivity index (χ1) is 8.76. The van der Waals surface area contributed by atoms with E-state index in [1.165, 1.54) is 0 Å². The predicted octanol–water partition coefficient (Wildman–Crippen LogP) is 2.82. The first-order valence-corrected chi connectivity index (χ1v) is 6.20. The normalized spacial score (nSPS) is 10.8. The van der Waals surface area contributed by atoms with Crippen molar-refractivity contribution in [3.8, 4) is 11.4 Å². The van der Waals surface area contributed by atoms with Crippen molar-refractivity contribution in [2.45, 2.75) is 26.4 Å². The molecule has 0 saturated heterocycles. The summed E-state index contributed by atoms with van der Waals surface area (Å²) in [4.78, 5) is 4.30. The lowest BCUT2D eigenvalue weighted by molar-refractivity contribution is 0.601. The molecule has 96 valence electrons. The minimum absolute atomic E-state index is 0.187. The summed E-state index contributed by atoms with van der Waals surface area (Å²) in [7, 11) is 1.81. The molecule has 0 atom stereocenters. The van der Waals surface area contributed by atoms with Crippen LogP contribution in [0.3, 0.4) is 0 Å². The Morgan fingerprint density at radius 1 is 1.39 bits per heavy atom. The van der Waals surface area contributed by atoms with Gasteiger partial charge < -0.3 is 9.88 Å². The second-order valence-electron chi connectivity index (χ2n) is 4.28. The maximum Gasteiger partial charge on any atom is 0.139 e. The molecule has 2 rings (SSSR count). The Bertz CT molecular complexity index is 520. The van der Waals surface area contributed by atoms with E-state index in [1.54, 1.807) is 19.3 Å². The van der Waals surface area contributed by atoms with E-state index in [2.05, 4.69) is 17.2 Å². The molecule has 3 nitrogen and oxygen atoms in total. The highest BCUT2D eigenvalue weighted by atomic mass is 19.1. The summed E-state index contributed by atoms with van der Waals surface area (Å²) >= 11 is 0. The van der Waals surface area contributed by atoms with Crippen LogP contribution < -0.4 is 5.32 Å². The van der Waals surface area contributed by atoms with E-state index >= 15 is 0 Å². The number of halogens is 1. The standard InChI is InChI=1S/C14H18FN3/c1-3-7-18-8-6-17-14(18)11-4-5-12(10-16-2)13(15)9-11/h4-6,8-9,16H,3,7,10H2,1-2H3. The Labute approximate surface area is 107 Å². The van der Waals surface area contributed by atoms with Gasteiger partial charge in [0.1, 0.15) is 11.6 Å². The third-order valence-electron chi connectivity index (χ3n) is 2.86.